The third-order valence-corrected chi connectivity index (χ3v) is 12.9. The highest BCUT2D eigenvalue weighted by Gasteiger charge is 2.71. The standard InChI is InChI=1S/C46H54N8O7/c1-27-10-13-36(40(55)51-27)54-42(57)30-12-11-29(18-31(30)43(54)58)48-14-8-7-9-15-49-44(59)46-23-45(24-46,25-46)26-52(3)21-35-37(60-5)16-28(17-38(35)61-6)34-22-53(4)41(56)32-19-39(47-2)50-20-33(32)34/h11-12,16-20,22,36,48H,1,7-10,13-15,21,23-26H2,2-6H3,(H,47,50)(H,49,59)(H,51,55). The van der Waals surface area contributed by atoms with Gasteiger partial charge < -0.3 is 40.2 Å². The molecule has 0 radical (unpaired) electrons. The topological polar surface area (TPSA) is 176 Å². The fraction of sp³-hybridized carbons (Fsp3) is 0.435. The molecule has 4 heterocycles. The predicted octanol–water partition coefficient (Wildman–Crippen LogP) is 5.05. The Hall–Kier alpha value is -6.22. The van der Waals surface area contributed by atoms with Gasteiger partial charge in [0.05, 0.1) is 41.7 Å². The molecule has 2 aromatic carbocycles. The van der Waals surface area contributed by atoms with Crippen LogP contribution in [0.25, 0.3) is 21.9 Å². The number of carbonyl (C=O) groups excluding carboxylic acids is 4. The highest BCUT2D eigenvalue weighted by Crippen LogP contribution is 2.73. The number of pyridine rings is 2. The van der Waals surface area contributed by atoms with Crippen LogP contribution in [0.3, 0.4) is 0 Å². The minimum atomic E-state index is -0.834. The van der Waals surface area contributed by atoms with Gasteiger partial charge in [-0.2, -0.15) is 0 Å². The molecule has 4 aromatic rings. The molecule has 3 aliphatic carbocycles. The summed E-state index contributed by atoms with van der Waals surface area (Å²) >= 11 is 0. The number of hydrogen-bond donors (Lipinski definition) is 4. The van der Waals surface area contributed by atoms with Gasteiger partial charge in [0.15, 0.2) is 0 Å². The molecule has 15 heteroatoms. The van der Waals surface area contributed by atoms with Gasteiger partial charge in [-0.3, -0.25) is 28.9 Å². The van der Waals surface area contributed by atoms with Crippen molar-refractivity contribution < 1.29 is 28.7 Å². The Labute approximate surface area is 354 Å². The van der Waals surface area contributed by atoms with E-state index in [1.54, 1.807) is 63.3 Å². The second-order valence-corrected chi connectivity index (χ2v) is 17.3. The summed E-state index contributed by atoms with van der Waals surface area (Å²) in [7, 11) is 8.91. The lowest BCUT2D eigenvalue weighted by Gasteiger charge is -2.70. The van der Waals surface area contributed by atoms with Gasteiger partial charge in [0.2, 0.25) is 11.8 Å². The Bertz CT molecular complexity index is 2490. The van der Waals surface area contributed by atoms with Crippen LogP contribution in [0.5, 0.6) is 11.5 Å². The van der Waals surface area contributed by atoms with Gasteiger partial charge in [-0.1, -0.05) is 6.58 Å². The van der Waals surface area contributed by atoms with Crippen molar-refractivity contribution >= 4 is 45.9 Å². The fourth-order valence-corrected chi connectivity index (χ4v) is 10.0. The van der Waals surface area contributed by atoms with Crippen molar-refractivity contribution in [2.24, 2.45) is 17.9 Å². The zero-order valence-electron chi connectivity index (χ0n) is 35.5. The number of amides is 4. The van der Waals surface area contributed by atoms with Crippen LogP contribution in [0, 0.1) is 10.8 Å². The van der Waals surface area contributed by atoms with Crippen molar-refractivity contribution in [2.45, 2.75) is 64.0 Å². The third-order valence-electron chi connectivity index (χ3n) is 12.9. The number of hydrogen-bond acceptors (Lipinski definition) is 11. The number of nitrogens with one attached hydrogen (secondary N) is 4. The van der Waals surface area contributed by atoms with Gasteiger partial charge >= 0.3 is 0 Å². The van der Waals surface area contributed by atoms with Crippen LogP contribution in [0.1, 0.15) is 77.6 Å². The number of rotatable bonds is 17. The summed E-state index contributed by atoms with van der Waals surface area (Å²) in [5, 5.41) is 13.5. The van der Waals surface area contributed by atoms with Crippen molar-refractivity contribution in [3.8, 4) is 22.6 Å². The SMILES string of the molecule is C=C1CCC(N2C(=O)c3ccc(NCCCCCNC(=O)C45CC(CN(C)Cc6c(OC)cc(-c7cn(C)c(=O)c8cc(NC)ncc78)cc6OC)(C4)C5)cc3C2=O)C(=O)N1. The van der Waals surface area contributed by atoms with Gasteiger partial charge in [-0.25, -0.2) is 4.98 Å². The second-order valence-electron chi connectivity index (χ2n) is 17.3. The molecule has 4 N–H and O–H groups in total. The first-order valence-corrected chi connectivity index (χ1v) is 20.9. The number of aryl methyl sites for hydroxylation is 1. The number of benzene rings is 2. The summed E-state index contributed by atoms with van der Waals surface area (Å²) in [5.41, 5.74) is 4.33. The summed E-state index contributed by atoms with van der Waals surface area (Å²) in [4.78, 5) is 72.8. The first-order valence-electron chi connectivity index (χ1n) is 20.9. The lowest BCUT2D eigenvalue weighted by molar-refractivity contribution is -0.213. The summed E-state index contributed by atoms with van der Waals surface area (Å²) in [6.45, 7) is 6.53. The molecule has 2 aliphatic heterocycles. The summed E-state index contributed by atoms with van der Waals surface area (Å²) < 4.78 is 13.4. The van der Waals surface area contributed by atoms with E-state index in [0.29, 0.717) is 72.0 Å². The molecule has 320 valence electrons. The molecule has 4 fully saturated rings. The van der Waals surface area contributed by atoms with Crippen LogP contribution in [-0.4, -0.2) is 97.0 Å². The Kier molecular flexibility index (Phi) is 11.1. The maximum absolute atomic E-state index is 13.3. The third kappa shape index (κ3) is 7.60. The van der Waals surface area contributed by atoms with Gasteiger partial charge in [0.1, 0.15) is 23.4 Å². The fourth-order valence-electron chi connectivity index (χ4n) is 10.0. The van der Waals surface area contributed by atoms with E-state index in [2.05, 4.69) is 44.8 Å². The molecule has 61 heavy (non-hydrogen) atoms. The lowest BCUT2D eigenvalue weighted by Crippen LogP contribution is -2.70. The van der Waals surface area contributed by atoms with E-state index in [0.717, 1.165) is 77.7 Å². The van der Waals surface area contributed by atoms with Crippen LogP contribution < -0.4 is 36.3 Å². The molecule has 2 aromatic heterocycles. The van der Waals surface area contributed by atoms with Gasteiger partial charge in [0, 0.05) is 75.0 Å². The van der Waals surface area contributed by atoms with Crippen molar-refractivity contribution in [1.29, 1.82) is 0 Å². The summed E-state index contributed by atoms with van der Waals surface area (Å²) in [6, 6.07) is 10.0. The number of anilines is 2. The zero-order valence-corrected chi connectivity index (χ0v) is 35.5. The average molecular weight is 831 g/mol. The maximum atomic E-state index is 13.3. The molecule has 1 atom stereocenters. The molecule has 15 nitrogen and oxygen atoms in total. The van der Waals surface area contributed by atoms with Crippen molar-refractivity contribution in [3.05, 3.63) is 88.1 Å². The maximum Gasteiger partial charge on any atom is 0.262 e. The molecule has 4 amide bonds. The number of carbonyl (C=O) groups is 4. The van der Waals surface area contributed by atoms with E-state index >= 15 is 0 Å². The number of piperidine rings is 1. The molecular formula is C46H54N8O7. The van der Waals surface area contributed by atoms with E-state index in [1.165, 1.54) is 0 Å². The molecule has 3 saturated carbocycles. The van der Waals surface area contributed by atoms with Crippen LogP contribution in [0.15, 0.2) is 65.9 Å². The van der Waals surface area contributed by atoms with Crippen LogP contribution >= 0.6 is 0 Å². The van der Waals surface area contributed by atoms with Gasteiger partial charge in [-0.15, -0.1) is 0 Å². The number of ether oxygens (including phenoxy) is 2. The van der Waals surface area contributed by atoms with Crippen LogP contribution in [0.2, 0.25) is 0 Å². The number of allylic oxidation sites excluding steroid dienone is 1. The Morgan fingerprint density at radius 1 is 0.951 bits per heavy atom. The largest absolute Gasteiger partial charge is 0.496 e. The van der Waals surface area contributed by atoms with Gasteiger partial charge in [-0.05, 0) is 106 Å². The molecule has 9 rings (SSSR count). The van der Waals surface area contributed by atoms with E-state index in [1.807, 2.05) is 18.3 Å². The molecule has 1 saturated heterocycles. The van der Waals surface area contributed by atoms with Crippen molar-refractivity contribution in [3.63, 3.8) is 0 Å². The van der Waals surface area contributed by atoms with Crippen molar-refractivity contribution in [1.82, 2.24) is 30.0 Å². The van der Waals surface area contributed by atoms with E-state index in [9.17, 15) is 24.0 Å². The molecule has 2 bridgehead atoms. The molecule has 0 spiro atoms. The second kappa shape index (κ2) is 16.3. The first kappa shape index (κ1) is 41.5. The highest BCUT2D eigenvalue weighted by molar-refractivity contribution is 6.23. The number of imide groups is 1. The number of fused-ring (bicyclic) bond motifs is 2. The number of aromatic nitrogens is 2. The van der Waals surface area contributed by atoms with E-state index < -0.39 is 17.9 Å². The Morgan fingerprint density at radius 3 is 2.34 bits per heavy atom. The number of methoxy groups -OCH3 is 2. The number of nitrogens with zero attached hydrogens (tertiary/aromatic N) is 4. The van der Waals surface area contributed by atoms with Gasteiger partial charge in [0.25, 0.3) is 17.4 Å². The smallest absolute Gasteiger partial charge is 0.262 e. The number of unbranched alkanes of at least 4 members (excludes halogenated alkanes) is 2. The summed E-state index contributed by atoms with van der Waals surface area (Å²) in [5.74, 6) is 0.876. The predicted molar refractivity (Wildman–Crippen MR) is 233 cm³/mol. The average Bonchev–Trinajstić information content (AvgIpc) is 3.46. The molecular weight excluding hydrogens is 777 g/mol. The zero-order chi connectivity index (χ0) is 43.2. The first-order chi connectivity index (χ1) is 29.3. The minimum Gasteiger partial charge on any atom is -0.496 e. The van der Waals surface area contributed by atoms with Crippen LogP contribution in [-0.2, 0) is 23.2 Å². The monoisotopic (exact) mass is 830 g/mol. The summed E-state index contributed by atoms with van der Waals surface area (Å²) in [6.07, 6.45) is 9.71. The van der Waals surface area contributed by atoms with E-state index in [-0.39, 0.29) is 28.2 Å². The Morgan fingerprint density at radius 2 is 1.66 bits per heavy atom. The van der Waals surface area contributed by atoms with Crippen molar-refractivity contribution in [2.75, 3.05) is 58.6 Å². The highest BCUT2D eigenvalue weighted by atomic mass is 16.5. The quantitative estimate of drug-likeness (QED) is 0.0828. The minimum absolute atomic E-state index is 0.104. The lowest BCUT2D eigenvalue weighted by atomic mass is 9.34. The molecule has 1 unspecified atom stereocenters. The van der Waals surface area contributed by atoms with E-state index in [4.69, 9.17) is 9.47 Å². The normalized spacial score (nSPS) is 21.5. The molecule has 5 aliphatic rings. The van der Waals surface area contributed by atoms with Crippen LogP contribution in [0.4, 0.5) is 11.5 Å². The Balaban J connectivity index is 0.781.